The maximum Gasteiger partial charge on any atom is 0.258 e. The van der Waals surface area contributed by atoms with Crippen molar-refractivity contribution < 1.29 is 32.0 Å². The number of halogens is 3. The molecule has 2 rings (SSSR count). The quantitative estimate of drug-likeness (QED) is 0.776. The predicted octanol–water partition coefficient (Wildman–Crippen LogP) is 1.53. The molecule has 128 valence electrons. The Labute approximate surface area is 133 Å². The number of aryl methyl sites for hydroxylation is 1. The van der Waals surface area contributed by atoms with Gasteiger partial charge in [0.25, 0.3) is 11.8 Å². The SMILES string of the molecule is Cc1cc(OCC(=O)NCC(=O)Nc2ccc(F)c(F)c2F)no1. The highest BCUT2D eigenvalue weighted by Crippen LogP contribution is 2.19. The lowest BCUT2D eigenvalue weighted by Crippen LogP contribution is -2.36. The predicted molar refractivity (Wildman–Crippen MR) is 74.7 cm³/mol. The van der Waals surface area contributed by atoms with E-state index in [1.165, 1.54) is 6.07 Å². The zero-order chi connectivity index (χ0) is 17.7. The van der Waals surface area contributed by atoms with Gasteiger partial charge in [0.05, 0.1) is 12.2 Å². The van der Waals surface area contributed by atoms with Gasteiger partial charge in [0.2, 0.25) is 5.91 Å². The van der Waals surface area contributed by atoms with E-state index in [2.05, 4.69) is 10.5 Å². The molecule has 1 heterocycles. The van der Waals surface area contributed by atoms with E-state index in [-0.39, 0.29) is 5.88 Å². The molecule has 2 aromatic rings. The molecule has 0 fully saturated rings. The normalized spacial score (nSPS) is 10.3. The molecule has 0 radical (unpaired) electrons. The molecule has 0 spiro atoms. The first-order valence-corrected chi connectivity index (χ1v) is 6.63. The van der Waals surface area contributed by atoms with Crippen molar-refractivity contribution in [2.75, 3.05) is 18.5 Å². The summed E-state index contributed by atoms with van der Waals surface area (Å²) in [6, 6.07) is 3.00. The average molecular weight is 343 g/mol. The molecule has 0 atom stereocenters. The van der Waals surface area contributed by atoms with Crippen LogP contribution in [0, 0.1) is 24.4 Å². The van der Waals surface area contributed by atoms with Crippen LogP contribution in [0.1, 0.15) is 5.76 Å². The fraction of sp³-hybridized carbons (Fsp3) is 0.214. The van der Waals surface area contributed by atoms with Crippen LogP contribution in [0.15, 0.2) is 22.7 Å². The second-order valence-corrected chi connectivity index (χ2v) is 4.61. The number of aromatic nitrogens is 1. The lowest BCUT2D eigenvalue weighted by Gasteiger charge is -2.08. The van der Waals surface area contributed by atoms with E-state index in [0.717, 1.165) is 6.07 Å². The Morgan fingerprint density at radius 3 is 2.62 bits per heavy atom. The fourth-order valence-electron chi connectivity index (χ4n) is 1.60. The standard InChI is InChI=1S/C14H12F3N3O4/c1-7-4-12(20-24-7)23-6-11(22)18-5-10(21)19-9-3-2-8(15)13(16)14(9)17/h2-4H,5-6H2,1H3,(H,18,22)(H,19,21). The molecule has 1 aromatic heterocycles. The summed E-state index contributed by atoms with van der Waals surface area (Å²) in [6.45, 7) is 0.707. The van der Waals surface area contributed by atoms with Crippen molar-refractivity contribution in [2.24, 2.45) is 0 Å². The van der Waals surface area contributed by atoms with Crippen LogP contribution in [0.2, 0.25) is 0 Å². The topological polar surface area (TPSA) is 93.5 Å². The number of ether oxygens (including phenoxy) is 1. The minimum Gasteiger partial charge on any atom is -0.465 e. The third-order valence-electron chi connectivity index (χ3n) is 2.71. The second-order valence-electron chi connectivity index (χ2n) is 4.61. The highest BCUT2D eigenvalue weighted by molar-refractivity contribution is 5.94. The van der Waals surface area contributed by atoms with E-state index in [9.17, 15) is 22.8 Å². The van der Waals surface area contributed by atoms with E-state index >= 15 is 0 Å². The summed E-state index contributed by atoms with van der Waals surface area (Å²) in [5.74, 6) is -5.47. The minimum atomic E-state index is -1.70. The number of rotatable bonds is 6. The van der Waals surface area contributed by atoms with Crippen LogP contribution in [0.3, 0.4) is 0 Å². The van der Waals surface area contributed by atoms with Crippen molar-refractivity contribution in [1.82, 2.24) is 10.5 Å². The molecule has 2 amide bonds. The van der Waals surface area contributed by atoms with E-state index in [1.54, 1.807) is 6.92 Å². The van der Waals surface area contributed by atoms with Crippen molar-refractivity contribution >= 4 is 17.5 Å². The maximum atomic E-state index is 13.4. The average Bonchev–Trinajstić information content (AvgIpc) is 2.97. The Balaban J connectivity index is 1.78. The van der Waals surface area contributed by atoms with Crippen molar-refractivity contribution in [2.45, 2.75) is 6.92 Å². The number of hydrogen-bond donors (Lipinski definition) is 2. The van der Waals surface area contributed by atoms with E-state index in [4.69, 9.17) is 9.26 Å². The van der Waals surface area contributed by atoms with Crippen molar-refractivity contribution in [3.8, 4) is 5.88 Å². The molecule has 2 N–H and O–H groups in total. The van der Waals surface area contributed by atoms with Crippen LogP contribution in [0.25, 0.3) is 0 Å². The lowest BCUT2D eigenvalue weighted by atomic mass is 10.2. The molecule has 0 saturated carbocycles. The van der Waals surface area contributed by atoms with Crippen LogP contribution in [-0.2, 0) is 9.59 Å². The van der Waals surface area contributed by atoms with Crippen LogP contribution in [-0.4, -0.2) is 30.1 Å². The number of amides is 2. The zero-order valence-corrected chi connectivity index (χ0v) is 12.4. The Morgan fingerprint density at radius 1 is 1.21 bits per heavy atom. The van der Waals surface area contributed by atoms with Gasteiger partial charge in [-0.05, 0) is 24.2 Å². The summed E-state index contributed by atoms with van der Waals surface area (Å²) >= 11 is 0. The van der Waals surface area contributed by atoms with E-state index in [0.29, 0.717) is 11.8 Å². The molecule has 7 nitrogen and oxygen atoms in total. The van der Waals surface area contributed by atoms with Crippen molar-refractivity contribution in [3.05, 3.63) is 41.4 Å². The van der Waals surface area contributed by atoms with E-state index in [1.807, 2.05) is 5.32 Å². The van der Waals surface area contributed by atoms with Gasteiger partial charge in [0.1, 0.15) is 5.76 Å². The van der Waals surface area contributed by atoms with Gasteiger partial charge in [-0.15, -0.1) is 0 Å². The number of carbonyl (C=O) groups excluding carboxylic acids is 2. The lowest BCUT2D eigenvalue weighted by molar-refractivity contribution is -0.125. The van der Waals surface area contributed by atoms with E-state index < -0.39 is 48.1 Å². The summed E-state index contributed by atoms with van der Waals surface area (Å²) in [6.07, 6.45) is 0. The molecular formula is C14H12F3N3O4. The van der Waals surface area contributed by atoms with Gasteiger partial charge < -0.3 is 19.9 Å². The number of nitrogens with zero attached hydrogens (tertiary/aromatic N) is 1. The summed E-state index contributed by atoms with van der Waals surface area (Å²) in [5.41, 5.74) is -0.539. The van der Waals surface area contributed by atoms with Crippen LogP contribution in [0.5, 0.6) is 5.88 Å². The summed E-state index contributed by atoms with van der Waals surface area (Å²) in [5, 5.41) is 7.71. The molecule has 10 heteroatoms. The third kappa shape index (κ3) is 4.48. The number of hydrogen-bond acceptors (Lipinski definition) is 5. The van der Waals surface area contributed by atoms with Gasteiger partial charge in [0, 0.05) is 6.07 Å². The Kier molecular flexibility index (Phi) is 5.40. The van der Waals surface area contributed by atoms with Crippen molar-refractivity contribution in [1.29, 1.82) is 0 Å². The van der Waals surface area contributed by atoms with Gasteiger partial charge >= 0.3 is 0 Å². The third-order valence-corrected chi connectivity index (χ3v) is 2.71. The molecule has 0 unspecified atom stereocenters. The summed E-state index contributed by atoms with van der Waals surface area (Å²) < 4.78 is 48.9. The van der Waals surface area contributed by atoms with Gasteiger partial charge in [-0.1, -0.05) is 0 Å². The second kappa shape index (κ2) is 7.49. The molecular weight excluding hydrogens is 331 g/mol. The Morgan fingerprint density at radius 2 is 1.96 bits per heavy atom. The first-order valence-electron chi connectivity index (χ1n) is 6.63. The van der Waals surface area contributed by atoms with Crippen LogP contribution < -0.4 is 15.4 Å². The fourth-order valence-corrected chi connectivity index (χ4v) is 1.60. The number of nitrogens with one attached hydrogen (secondary N) is 2. The molecule has 0 aliphatic rings. The molecule has 1 aromatic carbocycles. The zero-order valence-electron chi connectivity index (χ0n) is 12.4. The Bertz CT molecular complexity index is 764. The summed E-state index contributed by atoms with van der Waals surface area (Å²) in [4.78, 5) is 23.1. The smallest absolute Gasteiger partial charge is 0.258 e. The first-order chi connectivity index (χ1) is 11.4. The highest BCUT2D eigenvalue weighted by Gasteiger charge is 2.15. The minimum absolute atomic E-state index is 0.107. The molecule has 0 bridgehead atoms. The van der Waals surface area contributed by atoms with Gasteiger partial charge in [-0.2, -0.15) is 0 Å². The molecule has 24 heavy (non-hydrogen) atoms. The first kappa shape index (κ1) is 17.3. The monoisotopic (exact) mass is 343 g/mol. The molecule has 0 saturated heterocycles. The molecule has 0 aliphatic heterocycles. The summed E-state index contributed by atoms with van der Waals surface area (Å²) in [7, 11) is 0. The molecule has 0 aliphatic carbocycles. The maximum absolute atomic E-state index is 13.4. The van der Waals surface area contributed by atoms with Gasteiger partial charge in [-0.25, -0.2) is 13.2 Å². The van der Waals surface area contributed by atoms with Crippen molar-refractivity contribution in [3.63, 3.8) is 0 Å². The van der Waals surface area contributed by atoms with Gasteiger partial charge in [-0.3, -0.25) is 9.59 Å². The largest absolute Gasteiger partial charge is 0.465 e. The van der Waals surface area contributed by atoms with Crippen LogP contribution in [0.4, 0.5) is 18.9 Å². The number of anilines is 1. The van der Waals surface area contributed by atoms with Gasteiger partial charge in [0.15, 0.2) is 24.1 Å². The van der Waals surface area contributed by atoms with Crippen LogP contribution >= 0.6 is 0 Å². The number of carbonyl (C=O) groups is 2. The Hall–Kier alpha value is -3.04. The number of benzene rings is 1. The highest BCUT2D eigenvalue weighted by atomic mass is 19.2.